The predicted octanol–water partition coefficient (Wildman–Crippen LogP) is 9.72. The van der Waals surface area contributed by atoms with Gasteiger partial charge in [0.05, 0.1) is 0 Å². The quantitative estimate of drug-likeness (QED) is 0.175. The molecule has 4 heteroatoms. The van der Waals surface area contributed by atoms with E-state index >= 15 is 0 Å². The van der Waals surface area contributed by atoms with Crippen molar-refractivity contribution in [2.75, 3.05) is 0 Å². The molecule has 261 valence electrons. The molecular formula is C43H61ClNiP2-. The standard InChI is InChI=1S/2C18H27P.C7H7.ClH.Ni/c2*1-4-10-16(11-5-1)19(17-12-6-2-7-13-17)18-14-8-3-9-15-18;1-7-5-3-2-4-6-7;;/h2*1,4-5,10-11,17-18H,2-3,6-9,12-15H2;2-5H,1H3;1H;/p-1. The van der Waals surface area contributed by atoms with Gasteiger partial charge >= 0.3 is 0 Å². The van der Waals surface area contributed by atoms with Crippen molar-refractivity contribution in [3.63, 3.8) is 0 Å². The Morgan fingerprint density at radius 1 is 0.426 bits per heavy atom. The molecule has 1 radical (unpaired) electrons. The van der Waals surface area contributed by atoms with Crippen LogP contribution in [-0.2, 0) is 16.5 Å². The van der Waals surface area contributed by atoms with Crippen molar-refractivity contribution < 1.29 is 28.9 Å². The summed E-state index contributed by atoms with van der Waals surface area (Å²) in [6, 6.07) is 34.0. The van der Waals surface area contributed by atoms with Crippen molar-refractivity contribution in [2.45, 2.75) is 158 Å². The van der Waals surface area contributed by atoms with Gasteiger partial charge in [-0.15, -0.1) is 0 Å². The van der Waals surface area contributed by atoms with Crippen LogP contribution in [0.5, 0.6) is 0 Å². The molecule has 0 atom stereocenters. The minimum Gasteiger partial charge on any atom is -1.00 e. The summed E-state index contributed by atoms with van der Waals surface area (Å²) in [5.41, 5.74) is 5.34. The Labute approximate surface area is 308 Å². The van der Waals surface area contributed by atoms with E-state index in [1.165, 1.54) is 134 Å². The molecule has 47 heavy (non-hydrogen) atoms. The molecule has 0 nitrogen and oxygen atoms in total. The Balaban J connectivity index is 0.000000205. The van der Waals surface area contributed by atoms with E-state index in [1.54, 1.807) is 10.6 Å². The van der Waals surface area contributed by atoms with Gasteiger partial charge in [-0.2, -0.15) is 0 Å². The number of hydrogen-bond acceptors (Lipinski definition) is 0. The van der Waals surface area contributed by atoms with Gasteiger partial charge in [-0.25, -0.2) is 0 Å². The van der Waals surface area contributed by atoms with E-state index in [4.69, 9.17) is 0 Å². The first-order chi connectivity index (χ1) is 22.3. The number of aryl methyl sites for hydroxylation is 1. The summed E-state index contributed by atoms with van der Waals surface area (Å²) in [4.78, 5) is 0. The van der Waals surface area contributed by atoms with E-state index in [1.807, 2.05) is 31.2 Å². The molecule has 4 aliphatic rings. The van der Waals surface area contributed by atoms with Crippen LogP contribution in [0.3, 0.4) is 0 Å². The van der Waals surface area contributed by atoms with E-state index in [-0.39, 0.29) is 44.7 Å². The molecule has 0 N–H and O–H groups in total. The Morgan fingerprint density at radius 2 is 0.723 bits per heavy atom. The Hall–Kier alpha value is -0.696. The third-order valence-electron chi connectivity index (χ3n) is 10.8. The monoisotopic (exact) mass is 732 g/mol. The van der Waals surface area contributed by atoms with Crippen molar-refractivity contribution in [1.29, 1.82) is 0 Å². The Bertz CT molecular complexity index is 1040. The molecule has 0 heterocycles. The molecule has 0 aliphatic heterocycles. The third-order valence-corrected chi connectivity index (χ3v) is 17.8. The van der Waals surface area contributed by atoms with E-state index < -0.39 is 0 Å². The molecule has 0 aromatic heterocycles. The first-order valence-corrected chi connectivity index (χ1v) is 21.9. The largest absolute Gasteiger partial charge is 1.00 e. The van der Waals surface area contributed by atoms with Crippen molar-refractivity contribution in [3.8, 4) is 0 Å². The topological polar surface area (TPSA) is 0 Å². The molecule has 0 spiro atoms. The number of rotatable bonds is 6. The number of hydrogen-bond donors (Lipinski definition) is 0. The first-order valence-electron chi connectivity index (χ1n) is 18.9. The first kappa shape index (κ1) is 40.7. The van der Waals surface area contributed by atoms with Gasteiger partial charge in [0.25, 0.3) is 0 Å². The van der Waals surface area contributed by atoms with Gasteiger partial charge in [-0.05, 0) is 103 Å². The van der Waals surface area contributed by atoms with Crippen molar-refractivity contribution in [2.24, 2.45) is 0 Å². The fraction of sp³-hybridized carbons (Fsp3) is 0.581. The van der Waals surface area contributed by atoms with Gasteiger partial charge in [0, 0.05) is 16.5 Å². The average molecular weight is 734 g/mol. The fourth-order valence-corrected chi connectivity index (χ4v) is 16.2. The van der Waals surface area contributed by atoms with Gasteiger partial charge in [0.15, 0.2) is 0 Å². The molecule has 3 aromatic carbocycles. The van der Waals surface area contributed by atoms with Crippen LogP contribution in [0.2, 0.25) is 0 Å². The molecule has 4 aliphatic carbocycles. The van der Waals surface area contributed by atoms with Crippen LogP contribution in [0, 0.1) is 13.0 Å². The van der Waals surface area contributed by atoms with E-state index in [0.717, 1.165) is 22.6 Å². The van der Waals surface area contributed by atoms with Crippen LogP contribution in [0.15, 0.2) is 84.9 Å². The minimum absolute atomic E-state index is 0. The Kier molecular flexibility index (Phi) is 20.5. The van der Waals surface area contributed by atoms with Crippen LogP contribution in [-0.4, -0.2) is 22.6 Å². The van der Waals surface area contributed by atoms with Crippen LogP contribution in [0.1, 0.15) is 134 Å². The summed E-state index contributed by atoms with van der Waals surface area (Å²) >= 11 is 0. The normalized spacial score (nSPS) is 19.7. The zero-order valence-corrected chi connectivity index (χ0v) is 32.7. The number of benzene rings is 3. The maximum Gasteiger partial charge on any atom is 0 e. The molecule has 4 saturated carbocycles. The van der Waals surface area contributed by atoms with Crippen molar-refractivity contribution >= 4 is 26.5 Å². The van der Waals surface area contributed by atoms with Gasteiger partial charge in [0.2, 0.25) is 0 Å². The van der Waals surface area contributed by atoms with Crippen LogP contribution in [0.25, 0.3) is 0 Å². The fourth-order valence-electron chi connectivity index (χ4n) is 8.56. The molecule has 0 amide bonds. The Morgan fingerprint density at radius 3 is 0.957 bits per heavy atom. The maximum atomic E-state index is 3.03. The average Bonchev–Trinajstić information content (AvgIpc) is 3.12. The second-order valence-electron chi connectivity index (χ2n) is 14.2. The van der Waals surface area contributed by atoms with Gasteiger partial charge in [-0.1, -0.05) is 178 Å². The van der Waals surface area contributed by atoms with E-state index in [2.05, 4.69) is 66.7 Å². The molecule has 0 unspecified atom stereocenters. The summed E-state index contributed by atoms with van der Waals surface area (Å²) in [6.45, 7) is 2.03. The summed E-state index contributed by atoms with van der Waals surface area (Å²) < 4.78 is 0. The summed E-state index contributed by atoms with van der Waals surface area (Å²) in [7, 11) is 0.216. The minimum atomic E-state index is 0. The molecule has 3 aromatic rings. The van der Waals surface area contributed by atoms with Gasteiger partial charge in [-0.3, -0.25) is 0 Å². The molecule has 7 rings (SSSR count). The maximum absolute atomic E-state index is 3.03. The third kappa shape index (κ3) is 13.5. The van der Waals surface area contributed by atoms with E-state index in [9.17, 15) is 0 Å². The van der Waals surface area contributed by atoms with E-state index in [0.29, 0.717) is 0 Å². The molecule has 0 saturated heterocycles. The van der Waals surface area contributed by atoms with Crippen LogP contribution in [0.4, 0.5) is 0 Å². The smallest absolute Gasteiger partial charge is 0 e. The van der Waals surface area contributed by atoms with Crippen LogP contribution < -0.4 is 23.0 Å². The zero-order valence-electron chi connectivity index (χ0n) is 29.1. The van der Waals surface area contributed by atoms with Crippen molar-refractivity contribution in [1.82, 2.24) is 0 Å². The van der Waals surface area contributed by atoms with Gasteiger partial charge < -0.3 is 12.4 Å². The van der Waals surface area contributed by atoms with Gasteiger partial charge in [0.1, 0.15) is 0 Å². The summed E-state index contributed by atoms with van der Waals surface area (Å²) in [6.07, 6.45) is 29.9. The molecular weight excluding hydrogens is 673 g/mol. The second-order valence-corrected chi connectivity index (χ2v) is 19.8. The SMILES string of the molecule is Cc1[c]cccc1.[Cl-].[Ni].c1ccc(P(C2CCCCC2)C2CCCCC2)cc1.c1ccc(P(C2CCCCC2)C2CCCCC2)cc1. The second kappa shape index (κ2) is 23.7. The summed E-state index contributed by atoms with van der Waals surface area (Å²) in [5, 5.41) is 3.41. The van der Waals surface area contributed by atoms with Crippen molar-refractivity contribution in [3.05, 3.63) is 96.6 Å². The zero-order chi connectivity index (χ0) is 30.9. The number of halogens is 1. The van der Waals surface area contributed by atoms with Crippen LogP contribution >= 0.6 is 15.8 Å². The molecule has 0 bridgehead atoms. The molecule has 4 fully saturated rings. The predicted molar refractivity (Wildman–Crippen MR) is 203 cm³/mol. The summed E-state index contributed by atoms with van der Waals surface area (Å²) in [5.74, 6) is 0.